The van der Waals surface area contributed by atoms with Crippen LogP contribution in [0.2, 0.25) is 5.02 Å². The first-order chi connectivity index (χ1) is 19.8. The van der Waals surface area contributed by atoms with Gasteiger partial charge in [0.05, 0.1) is 29.5 Å². The first kappa shape index (κ1) is 29.6. The maximum atomic E-state index is 13.8. The van der Waals surface area contributed by atoms with Gasteiger partial charge in [-0.05, 0) is 43.5 Å². The number of carbonyl (C=O) groups excluding carboxylic acids is 2. The number of anilines is 2. The van der Waals surface area contributed by atoms with E-state index in [2.05, 4.69) is 15.4 Å². The van der Waals surface area contributed by atoms with Crippen molar-refractivity contribution in [2.75, 3.05) is 49.6 Å². The summed E-state index contributed by atoms with van der Waals surface area (Å²) in [5.74, 6) is -0.176. The van der Waals surface area contributed by atoms with Crippen LogP contribution in [0.15, 0.2) is 23.0 Å². The number of benzene rings is 1. The van der Waals surface area contributed by atoms with Crippen LogP contribution >= 0.6 is 11.6 Å². The maximum absolute atomic E-state index is 13.8. The number of aromatic nitrogens is 4. The van der Waals surface area contributed by atoms with Crippen molar-refractivity contribution in [1.82, 2.24) is 24.1 Å². The minimum Gasteiger partial charge on any atom is -0.377 e. The van der Waals surface area contributed by atoms with E-state index in [4.69, 9.17) is 16.3 Å². The average Bonchev–Trinajstić information content (AvgIpc) is 3.39. The largest absolute Gasteiger partial charge is 0.416 e. The number of hydrogen-bond acceptors (Lipinski definition) is 7. The lowest BCUT2D eigenvalue weighted by Gasteiger charge is -2.36. The zero-order valence-electron chi connectivity index (χ0n) is 23.2. The number of hydrogen-bond donors (Lipinski definition) is 1. The van der Waals surface area contributed by atoms with Crippen LogP contribution < -0.4 is 15.8 Å². The number of carbonyl (C=O) groups is 2. The zero-order valence-corrected chi connectivity index (χ0v) is 24.0. The van der Waals surface area contributed by atoms with Crippen molar-refractivity contribution in [2.24, 2.45) is 0 Å². The highest BCUT2D eigenvalue weighted by Gasteiger charge is 2.33. The lowest BCUT2D eigenvalue weighted by molar-refractivity contribution is -0.138. The van der Waals surface area contributed by atoms with Gasteiger partial charge >= 0.3 is 6.18 Å². The Bertz CT molecular complexity index is 1660. The fourth-order valence-electron chi connectivity index (χ4n) is 5.23. The SMILES string of the molecule is CC(=O)N1CCN(c2c(C)n(CC(=O)Nc3cc(C)c(C(F)(F)F)cc3Cl)c3nc(C4=CCOCC4)nn3c2=O)CC1. The molecular weight excluding hydrogens is 579 g/mol. The molecule has 0 atom stereocenters. The van der Waals surface area contributed by atoms with E-state index in [1.54, 1.807) is 16.4 Å². The van der Waals surface area contributed by atoms with Crippen molar-refractivity contribution in [3.05, 3.63) is 56.2 Å². The molecule has 1 saturated heterocycles. The second kappa shape index (κ2) is 11.4. The predicted octanol–water partition coefficient (Wildman–Crippen LogP) is 3.29. The Balaban J connectivity index is 1.54. The number of nitrogens with one attached hydrogen (secondary N) is 1. The molecule has 224 valence electrons. The number of alkyl halides is 3. The topological polar surface area (TPSA) is 114 Å². The highest BCUT2D eigenvalue weighted by atomic mass is 35.5. The number of amides is 2. The molecule has 2 aliphatic heterocycles. The molecule has 0 unspecified atom stereocenters. The van der Waals surface area contributed by atoms with Crippen molar-refractivity contribution >= 4 is 46.1 Å². The minimum atomic E-state index is -4.59. The zero-order chi connectivity index (χ0) is 30.3. The van der Waals surface area contributed by atoms with E-state index in [0.29, 0.717) is 63.0 Å². The summed E-state index contributed by atoms with van der Waals surface area (Å²) < 4.78 is 48.0. The third-order valence-electron chi connectivity index (χ3n) is 7.46. The molecule has 1 fully saturated rings. The Morgan fingerprint density at radius 2 is 1.86 bits per heavy atom. The average molecular weight is 608 g/mol. The van der Waals surface area contributed by atoms with Crippen molar-refractivity contribution < 1.29 is 27.5 Å². The van der Waals surface area contributed by atoms with Crippen LogP contribution in [0.1, 0.15) is 36.0 Å². The molecule has 2 aromatic heterocycles. The summed E-state index contributed by atoms with van der Waals surface area (Å²) in [6.07, 6.45) is -2.20. The van der Waals surface area contributed by atoms with Gasteiger partial charge in [-0.25, -0.2) is 0 Å². The summed E-state index contributed by atoms with van der Waals surface area (Å²) in [5, 5.41) is 6.81. The number of fused-ring (bicyclic) bond motifs is 1. The van der Waals surface area contributed by atoms with Crippen LogP contribution in [-0.2, 0) is 27.0 Å². The molecule has 0 saturated carbocycles. The Kier molecular flexibility index (Phi) is 8.03. The molecule has 5 rings (SSSR count). The van der Waals surface area contributed by atoms with Crippen LogP contribution in [0, 0.1) is 13.8 Å². The van der Waals surface area contributed by atoms with Gasteiger partial charge in [-0.15, -0.1) is 5.10 Å². The molecule has 1 N–H and O–H groups in total. The number of halogens is 4. The number of piperazine rings is 1. The summed E-state index contributed by atoms with van der Waals surface area (Å²) >= 11 is 6.11. The van der Waals surface area contributed by atoms with Gasteiger partial charge in [0.25, 0.3) is 5.56 Å². The molecule has 0 spiro atoms. The van der Waals surface area contributed by atoms with E-state index in [9.17, 15) is 27.6 Å². The number of aryl methyl sites for hydroxylation is 1. The highest BCUT2D eigenvalue weighted by Crippen LogP contribution is 2.36. The third kappa shape index (κ3) is 5.73. The first-order valence-corrected chi connectivity index (χ1v) is 13.7. The molecule has 1 aromatic carbocycles. The number of nitrogens with zero attached hydrogens (tertiary/aromatic N) is 6. The number of ether oxygens (including phenoxy) is 1. The summed E-state index contributed by atoms with van der Waals surface area (Å²) in [7, 11) is 0. The summed E-state index contributed by atoms with van der Waals surface area (Å²) in [4.78, 5) is 47.0. The fourth-order valence-corrected chi connectivity index (χ4v) is 5.44. The third-order valence-corrected chi connectivity index (χ3v) is 7.77. The van der Waals surface area contributed by atoms with Gasteiger partial charge in [0.2, 0.25) is 17.6 Å². The van der Waals surface area contributed by atoms with Crippen LogP contribution in [0.25, 0.3) is 11.4 Å². The quantitative estimate of drug-likeness (QED) is 0.473. The number of rotatable bonds is 5. The Labute approximate surface area is 243 Å². The molecule has 4 heterocycles. The predicted molar refractivity (Wildman–Crippen MR) is 150 cm³/mol. The first-order valence-electron chi connectivity index (χ1n) is 13.3. The fraction of sp³-hybridized carbons (Fsp3) is 0.444. The van der Waals surface area contributed by atoms with Gasteiger partial charge in [-0.3, -0.25) is 14.4 Å². The molecule has 2 amide bonds. The van der Waals surface area contributed by atoms with E-state index in [1.165, 1.54) is 19.9 Å². The Hall–Kier alpha value is -3.91. The molecule has 2 aliphatic rings. The lowest BCUT2D eigenvalue weighted by atomic mass is 10.1. The monoisotopic (exact) mass is 607 g/mol. The van der Waals surface area contributed by atoms with Gasteiger partial charge in [0.15, 0.2) is 5.82 Å². The standard InChI is InChI=1S/C27H29ClF3N7O4/c1-15-12-21(20(28)13-19(15)27(29,30)31)32-22(40)14-37-16(2)23(36-8-6-35(7-9-36)17(3)39)25(41)38-26(37)33-24(34-38)18-4-10-42-11-5-18/h4,12-13H,5-11,14H2,1-3H3,(H,32,40). The van der Waals surface area contributed by atoms with Gasteiger partial charge < -0.3 is 24.4 Å². The van der Waals surface area contributed by atoms with Crippen LogP contribution in [-0.4, -0.2) is 75.3 Å². The van der Waals surface area contributed by atoms with E-state index in [0.717, 1.165) is 16.2 Å². The van der Waals surface area contributed by atoms with E-state index in [-0.39, 0.29) is 34.5 Å². The molecule has 11 nitrogen and oxygen atoms in total. The molecule has 0 bridgehead atoms. The Morgan fingerprint density at radius 1 is 1.14 bits per heavy atom. The molecular formula is C27H29ClF3N7O4. The van der Waals surface area contributed by atoms with Gasteiger partial charge in [0, 0.05) is 38.8 Å². The van der Waals surface area contributed by atoms with E-state index < -0.39 is 23.2 Å². The normalized spacial score (nSPS) is 16.1. The Morgan fingerprint density at radius 3 is 2.48 bits per heavy atom. The minimum absolute atomic E-state index is 0.0250. The summed E-state index contributed by atoms with van der Waals surface area (Å²) in [6.45, 7) is 6.65. The van der Waals surface area contributed by atoms with Gasteiger partial charge in [-0.2, -0.15) is 22.7 Å². The molecule has 42 heavy (non-hydrogen) atoms. The van der Waals surface area contributed by atoms with Crippen molar-refractivity contribution in [3.8, 4) is 0 Å². The van der Waals surface area contributed by atoms with Crippen molar-refractivity contribution in [3.63, 3.8) is 0 Å². The van der Waals surface area contributed by atoms with Crippen molar-refractivity contribution in [1.29, 1.82) is 0 Å². The highest BCUT2D eigenvalue weighted by molar-refractivity contribution is 6.33. The lowest BCUT2D eigenvalue weighted by Crippen LogP contribution is -2.50. The van der Waals surface area contributed by atoms with Crippen LogP contribution in [0.4, 0.5) is 24.5 Å². The van der Waals surface area contributed by atoms with Crippen LogP contribution in [0.5, 0.6) is 0 Å². The second-order valence-corrected chi connectivity index (χ2v) is 10.6. The van der Waals surface area contributed by atoms with Crippen molar-refractivity contribution in [2.45, 2.75) is 39.9 Å². The van der Waals surface area contributed by atoms with E-state index >= 15 is 0 Å². The van der Waals surface area contributed by atoms with Gasteiger partial charge in [0.1, 0.15) is 12.2 Å². The molecule has 3 aromatic rings. The summed E-state index contributed by atoms with van der Waals surface area (Å²) in [5.41, 5.74) is 0.203. The maximum Gasteiger partial charge on any atom is 0.416 e. The smallest absolute Gasteiger partial charge is 0.377 e. The van der Waals surface area contributed by atoms with Gasteiger partial charge in [-0.1, -0.05) is 17.7 Å². The summed E-state index contributed by atoms with van der Waals surface area (Å²) in [6, 6.07) is 1.95. The van der Waals surface area contributed by atoms with E-state index in [1.807, 2.05) is 11.0 Å². The molecule has 15 heteroatoms. The van der Waals surface area contributed by atoms with Crippen LogP contribution in [0.3, 0.4) is 0 Å². The second-order valence-electron chi connectivity index (χ2n) is 10.2. The molecule has 0 radical (unpaired) electrons. The molecule has 0 aliphatic carbocycles.